The van der Waals surface area contributed by atoms with Crippen LogP contribution >= 0.6 is 11.6 Å². The lowest BCUT2D eigenvalue weighted by Crippen LogP contribution is -2.18. The molecule has 3 heterocycles. The third-order valence-corrected chi connectivity index (χ3v) is 5.49. The van der Waals surface area contributed by atoms with Crippen molar-refractivity contribution in [3.63, 3.8) is 0 Å². The van der Waals surface area contributed by atoms with Crippen molar-refractivity contribution in [2.24, 2.45) is 0 Å². The number of hydrogen-bond donors (Lipinski definition) is 2. The number of halogens is 1. The van der Waals surface area contributed by atoms with Gasteiger partial charge in [-0.15, -0.1) is 0 Å². The average molecular weight is 410 g/mol. The Morgan fingerprint density at radius 3 is 2.93 bits per heavy atom. The van der Waals surface area contributed by atoms with Crippen LogP contribution in [0.2, 0.25) is 5.02 Å². The molecule has 7 nitrogen and oxygen atoms in total. The van der Waals surface area contributed by atoms with Gasteiger partial charge in [-0.1, -0.05) is 28.9 Å². The lowest BCUT2D eigenvalue weighted by atomic mass is 10.1. The van der Waals surface area contributed by atoms with Crippen molar-refractivity contribution in [3.05, 3.63) is 53.7 Å². The van der Waals surface area contributed by atoms with Crippen LogP contribution in [0, 0.1) is 0 Å². The molecule has 0 aliphatic carbocycles. The molecule has 8 heteroatoms. The van der Waals surface area contributed by atoms with Crippen molar-refractivity contribution >= 4 is 39.7 Å². The molecule has 2 aromatic carbocycles. The predicted molar refractivity (Wildman–Crippen MR) is 113 cm³/mol. The van der Waals surface area contributed by atoms with E-state index in [-0.39, 0.29) is 6.23 Å². The normalized spacial score (nSPS) is 16.9. The summed E-state index contributed by atoms with van der Waals surface area (Å²) in [6, 6.07) is 13.2. The molecule has 2 aromatic heterocycles. The number of fused-ring (bicyclic) bond motifs is 1. The number of ether oxygens (including phenoxy) is 1. The van der Waals surface area contributed by atoms with Crippen molar-refractivity contribution in [2.75, 3.05) is 17.7 Å². The van der Waals surface area contributed by atoms with E-state index in [9.17, 15) is 0 Å². The van der Waals surface area contributed by atoms with Gasteiger partial charge in [-0.05, 0) is 43.5 Å². The maximum atomic E-state index is 6.66. The van der Waals surface area contributed by atoms with Gasteiger partial charge in [-0.3, -0.25) is 0 Å². The lowest BCUT2D eigenvalue weighted by Gasteiger charge is -2.23. The van der Waals surface area contributed by atoms with Crippen LogP contribution in [0.1, 0.15) is 25.5 Å². The van der Waals surface area contributed by atoms with Gasteiger partial charge in [-0.2, -0.15) is 5.10 Å². The fraction of sp³-hybridized carbons (Fsp3) is 0.238. The first-order valence-corrected chi connectivity index (χ1v) is 9.94. The zero-order valence-electron chi connectivity index (χ0n) is 15.6. The van der Waals surface area contributed by atoms with Crippen molar-refractivity contribution in [2.45, 2.75) is 25.5 Å². The maximum Gasteiger partial charge on any atom is 0.174 e. The van der Waals surface area contributed by atoms with E-state index in [0.29, 0.717) is 22.3 Å². The summed E-state index contributed by atoms with van der Waals surface area (Å²) in [5, 5.41) is 13.3. The molecule has 1 saturated heterocycles. The Balaban J connectivity index is 1.42. The topological polar surface area (TPSA) is 91.1 Å². The van der Waals surface area contributed by atoms with Crippen LogP contribution in [0.3, 0.4) is 0 Å². The lowest BCUT2D eigenvalue weighted by molar-refractivity contribution is -0.0366. The minimum Gasteiger partial charge on any atom is -0.399 e. The van der Waals surface area contributed by atoms with Gasteiger partial charge < -0.3 is 20.3 Å². The van der Waals surface area contributed by atoms with Gasteiger partial charge in [0.2, 0.25) is 0 Å². The fourth-order valence-corrected chi connectivity index (χ4v) is 3.89. The van der Waals surface area contributed by atoms with Crippen LogP contribution in [-0.2, 0) is 4.74 Å². The summed E-state index contributed by atoms with van der Waals surface area (Å²) in [4.78, 5) is 0. The first kappa shape index (κ1) is 18.0. The Bertz CT molecular complexity index is 1160. The highest BCUT2D eigenvalue weighted by atomic mass is 35.5. The maximum absolute atomic E-state index is 6.66. The molecule has 1 aliphatic rings. The van der Waals surface area contributed by atoms with Gasteiger partial charge in [0.1, 0.15) is 0 Å². The summed E-state index contributed by atoms with van der Waals surface area (Å²) >= 11 is 6.66. The number of nitrogens with zero attached hydrogens (tertiary/aromatic N) is 3. The van der Waals surface area contributed by atoms with Crippen LogP contribution in [0.5, 0.6) is 0 Å². The van der Waals surface area contributed by atoms with Crippen molar-refractivity contribution in [3.8, 4) is 11.3 Å². The van der Waals surface area contributed by atoms with Crippen molar-refractivity contribution in [1.82, 2.24) is 14.9 Å². The molecule has 3 N–H and O–H groups in total. The van der Waals surface area contributed by atoms with Crippen molar-refractivity contribution in [1.29, 1.82) is 0 Å². The number of benzene rings is 2. The summed E-state index contributed by atoms with van der Waals surface area (Å²) in [7, 11) is 0. The number of aromatic nitrogens is 3. The molecule has 4 aromatic rings. The molecular weight excluding hydrogens is 390 g/mol. The Hall–Kier alpha value is -3.03. The summed E-state index contributed by atoms with van der Waals surface area (Å²) in [5.41, 5.74) is 9.06. The Kier molecular flexibility index (Phi) is 4.61. The zero-order valence-corrected chi connectivity index (χ0v) is 16.4. The van der Waals surface area contributed by atoms with Gasteiger partial charge in [-0.25, -0.2) is 4.68 Å². The number of nitrogens with two attached hydrogens (primary N) is 1. The molecule has 0 spiro atoms. The van der Waals surface area contributed by atoms with Gasteiger partial charge in [0, 0.05) is 29.3 Å². The molecule has 29 heavy (non-hydrogen) atoms. The number of hydrogen-bond acceptors (Lipinski definition) is 6. The molecule has 0 radical (unpaired) electrons. The smallest absolute Gasteiger partial charge is 0.174 e. The van der Waals surface area contributed by atoms with Gasteiger partial charge in [0.15, 0.2) is 17.8 Å². The number of anilines is 3. The molecular formula is C21H20ClN5O2. The van der Waals surface area contributed by atoms with E-state index < -0.39 is 0 Å². The molecule has 1 atom stereocenters. The molecule has 0 saturated carbocycles. The van der Waals surface area contributed by atoms with E-state index in [0.717, 1.165) is 48.0 Å². The molecule has 1 unspecified atom stereocenters. The second-order valence-corrected chi connectivity index (χ2v) is 7.48. The largest absolute Gasteiger partial charge is 0.399 e. The molecule has 0 bridgehead atoms. The molecule has 5 rings (SSSR count). The van der Waals surface area contributed by atoms with E-state index in [1.807, 2.05) is 47.1 Å². The van der Waals surface area contributed by atoms with E-state index in [2.05, 4.69) is 15.6 Å². The highest BCUT2D eigenvalue weighted by molar-refractivity contribution is 6.38. The Morgan fingerprint density at radius 2 is 2.10 bits per heavy atom. The summed E-state index contributed by atoms with van der Waals surface area (Å²) in [5.74, 6) is 1.19. The van der Waals surface area contributed by atoms with Crippen LogP contribution in [0.25, 0.3) is 22.2 Å². The van der Waals surface area contributed by atoms with Crippen molar-refractivity contribution < 1.29 is 9.26 Å². The summed E-state index contributed by atoms with van der Waals surface area (Å²) < 4.78 is 13.2. The highest BCUT2D eigenvalue weighted by Crippen LogP contribution is 2.35. The predicted octanol–water partition coefficient (Wildman–Crippen LogP) is 5.37. The second-order valence-electron chi connectivity index (χ2n) is 7.10. The van der Waals surface area contributed by atoms with E-state index in [1.54, 1.807) is 6.20 Å². The highest BCUT2D eigenvalue weighted by Gasteiger charge is 2.20. The summed E-state index contributed by atoms with van der Waals surface area (Å²) in [6.07, 6.45) is 4.94. The van der Waals surface area contributed by atoms with E-state index >= 15 is 0 Å². The average Bonchev–Trinajstić information content (AvgIpc) is 3.38. The zero-order chi connectivity index (χ0) is 19.8. The third kappa shape index (κ3) is 3.43. The summed E-state index contributed by atoms with van der Waals surface area (Å²) in [6.45, 7) is 0.765. The minimum absolute atomic E-state index is 0.0347. The van der Waals surface area contributed by atoms with Gasteiger partial charge in [0.05, 0.1) is 22.4 Å². The van der Waals surface area contributed by atoms with Crippen LogP contribution in [-0.4, -0.2) is 21.5 Å². The second kappa shape index (κ2) is 7.42. The first-order valence-electron chi connectivity index (χ1n) is 9.56. The van der Waals surface area contributed by atoms with Gasteiger partial charge >= 0.3 is 0 Å². The SMILES string of the molecule is Nc1cccc(-c2cc(Nc3ccc4c(cnn4C4CCCCO4)c3Cl)no2)c1. The van der Waals surface area contributed by atoms with Gasteiger partial charge in [0.25, 0.3) is 0 Å². The molecule has 1 aliphatic heterocycles. The molecule has 0 amide bonds. The number of rotatable bonds is 4. The van der Waals surface area contributed by atoms with E-state index in [1.165, 1.54) is 0 Å². The quantitative estimate of drug-likeness (QED) is 0.440. The van der Waals surface area contributed by atoms with E-state index in [4.69, 9.17) is 26.6 Å². The number of nitrogen functional groups attached to an aromatic ring is 1. The first-order chi connectivity index (χ1) is 14.2. The fourth-order valence-electron chi connectivity index (χ4n) is 3.63. The van der Waals surface area contributed by atoms with Crippen LogP contribution < -0.4 is 11.1 Å². The van der Waals surface area contributed by atoms with Crippen LogP contribution in [0.4, 0.5) is 17.2 Å². The van der Waals surface area contributed by atoms with Crippen LogP contribution in [0.15, 0.2) is 53.2 Å². The standard InChI is InChI=1S/C21H20ClN5O2/c22-21-15-12-24-27(20-6-1-2-9-28-20)17(15)8-7-16(21)25-19-11-18(29-26-19)13-4-3-5-14(23)10-13/h3-5,7-8,10-12,20H,1-2,6,9,23H2,(H,25,26). The monoisotopic (exact) mass is 409 g/mol. The minimum atomic E-state index is -0.0347. The Labute approximate surface area is 172 Å². The third-order valence-electron chi connectivity index (χ3n) is 5.09. The number of nitrogens with one attached hydrogen (secondary N) is 1. The Morgan fingerprint density at radius 1 is 1.17 bits per heavy atom. The molecule has 148 valence electrons. The molecule has 1 fully saturated rings.